The van der Waals surface area contributed by atoms with Gasteiger partial charge in [-0.1, -0.05) is 6.58 Å². The lowest BCUT2D eigenvalue weighted by Crippen LogP contribution is -2.34. The molecule has 1 rings (SSSR count). The zero-order valence-electron chi connectivity index (χ0n) is 9.37. The third kappa shape index (κ3) is 4.83. The predicted molar refractivity (Wildman–Crippen MR) is 59.4 cm³/mol. The van der Waals surface area contributed by atoms with Gasteiger partial charge in [-0.2, -0.15) is 0 Å². The monoisotopic (exact) mass is 212 g/mol. The molecule has 0 radical (unpaired) electrons. The van der Waals surface area contributed by atoms with Gasteiger partial charge in [0.05, 0.1) is 0 Å². The Morgan fingerprint density at radius 1 is 1.60 bits per heavy atom. The molecule has 1 heterocycles. The van der Waals surface area contributed by atoms with Gasteiger partial charge in [-0.05, 0) is 12.8 Å². The van der Waals surface area contributed by atoms with Gasteiger partial charge in [0.2, 0.25) is 6.41 Å². The van der Waals surface area contributed by atoms with Crippen LogP contribution in [0, 0.1) is 0 Å². The molecule has 1 saturated heterocycles. The summed E-state index contributed by atoms with van der Waals surface area (Å²) in [5.41, 5.74) is 1.01. The molecule has 4 nitrogen and oxygen atoms in total. The van der Waals surface area contributed by atoms with Gasteiger partial charge in [0.25, 0.3) is 0 Å². The van der Waals surface area contributed by atoms with E-state index in [9.17, 15) is 4.79 Å². The molecule has 0 aromatic heterocycles. The van der Waals surface area contributed by atoms with Gasteiger partial charge < -0.3 is 15.0 Å². The van der Waals surface area contributed by atoms with Crippen LogP contribution in [0.4, 0.5) is 0 Å². The van der Waals surface area contributed by atoms with Gasteiger partial charge in [-0.3, -0.25) is 4.79 Å². The van der Waals surface area contributed by atoms with Crippen LogP contribution in [0.3, 0.4) is 0 Å². The fourth-order valence-electron chi connectivity index (χ4n) is 1.57. The van der Waals surface area contributed by atoms with E-state index < -0.39 is 0 Å². The van der Waals surface area contributed by atoms with E-state index in [0.717, 1.165) is 51.1 Å². The number of carbonyl (C=O) groups excluding carboxylic acids is 1. The van der Waals surface area contributed by atoms with Crippen molar-refractivity contribution in [3.8, 4) is 0 Å². The fourth-order valence-corrected chi connectivity index (χ4v) is 1.57. The molecular formula is C11H20N2O2. The van der Waals surface area contributed by atoms with Crippen LogP contribution in [0.5, 0.6) is 0 Å². The van der Waals surface area contributed by atoms with E-state index in [1.165, 1.54) is 0 Å². The minimum Gasteiger partial charge on any atom is -0.386 e. The van der Waals surface area contributed by atoms with Crippen molar-refractivity contribution in [2.24, 2.45) is 0 Å². The van der Waals surface area contributed by atoms with Gasteiger partial charge in [-0.15, -0.1) is 0 Å². The first-order valence-electron chi connectivity index (χ1n) is 5.40. The molecule has 0 atom stereocenters. The van der Waals surface area contributed by atoms with E-state index in [0.29, 0.717) is 6.04 Å². The second-order valence-corrected chi connectivity index (χ2v) is 3.97. The number of rotatable bonds is 6. The lowest BCUT2D eigenvalue weighted by Gasteiger charge is -2.25. The first-order chi connectivity index (χ1) is 7.22. The first-order valence-corrected chi connectivity index (χ1v) is 5.40. The molecule has 0 aliphatic carbocycles. The first kappa shape index (κ1) is 12.0. The normalized spacial score (nSPS) is 17.1. The largest absolute Gasteiger partial charge is 0.386 e. The Balaban J connectivity index is 2.14. The van der Waals surface area contributed by atoms with Gasteiger partial charge in [0.15, 0.2) is 0 Å². The Bertz CT molecular complexity index is 213. The molecule has 1 fully saturated rings. The van der Waals surface area contributed by atoms with Crippen LogP contribution in [0.2, 0.25) is 0 Å². The molecule has 0 saturated carbocycles. The molecule has 1 amide bonds. The molecule has 1 aliphatic rings. The molecule has 0 aromatic rings. The molecule has 86 valence electrons. The second kappa shape index (κ2) is 6.45. The minimum absolute atomic E-state index is 0.493. The smallest absolute Gasteiger partial charge is 0.209 e. The summed E-state index contributed by atoms with van der Waals surface area (Å²) in [4.78, 5) is 12.0. The molecule has 1 N–H and O–H groups in total. The zero-order valence-corrected chi connectivity index (χ0v) is 9.37. The third-order valence-corrected chi connectivity index (χ3v) is 2.58. The predicted octanol–water partition coefficient (Wildman–Crippen LogP) is 0.747. The standard InChI is InChI=1S/C11H20N2O2/c1-10(3-6-13(2)9-14)12-11-4-7-15-8-5-11/h9,11-12H,1,3-8H2,2H3. The topological polar surface area (TPSA) is 41.6 Å². The van der Waals surface area contributed by atoms with Gasteiger partial charge in [0.1, 0.15) is 0 Å². The Kier molecular flexibility index (Phi) is 5.18. The van der Waals surface area contributed by atoms with E-state index in [1.54, 1.807) is 11.9 Å². The summed E-state index contributed by atoms with van der Waals surface area (Å²) < 4.78 is 5.27. The Morgan fingerprint density at radius 2 is 2.27 bits per heavy atom. The van der Waals surface area contributed by atoms with Crippen molar-refractivity contribution in [2.45, 2.75) is 25.3 Å². The van der Waals surface area contributed by atoms with E-state index in [1.807, 2.05) is 0 Å². The summed E-state index contributed by atoms with van der Waals surface area (Å²) in [5, 5.41) is 3.38. The maximum Gasteiger partial charge on any atom is 0.209 e. The summed E-state index contributed by atoms with van der Waals surface area (Å²) >= 11 is 0. The zero-order chi connectivity index (χ0) is 11.1. The van der Waals surface area contributed by atoms with Crippen molar-refractivity contribution in [1.29, 1.82) is 0 Å². The molecule has 0 spiro atoms. The van der Waals surface area contributed by atoms with Crippen LogP contribution in [0.15, 0.2) is 12.3 Å². The molecule has 15 heavy (non-hydrogen) atoms. The van der Waals surface area contributed by atoms with Gasteiger partial charge >= 0.3 is 0 Å². The molecular weight excluding hydrogens is 192 g/mol. The highest BCUT2D eigenvalue weighted by Crippen LogP contribution is 2.08. The van der Waals surface area contributed by atoms with Crippen molar-refractivity contribution < 1.29 is 9.53 Å². The van der Waals surface area contributed by atoms with E-state index in [4.69, 9.17) is 4.74 Å². The highest BCUT2D eigenvalue weighted by Gasteiger charge is 2.13. The summed E-state index contributed by atoms with van der Waals surface area (Å²) in [6.07, 6.45) is 3.74. The number of hydrogen-bond donors (Lipinski definition) is 1. The summed E-state index contributed by atoms with van der Waals surface area (Å²) in [7, 11) is 1.77. The SMILES string of the molecule is C=C(CCN(C)C=O)NC1CCOCC1. The van der Waals surface area contributed by atoms with Gasteiger partial charge in [0, 0.05) is 45.0 Å². The van der Waals surface area contributed by atoms with Crippen molar-refractivity contribution in [2.75, 3.05) is 26.8 Å². The quantitative estimate of drug-likeness (QED) is 0.660. The lowest BCUT2D eigenvalue weighted by molar-refractivity contribution is -0.116. The Labute approximate surface area is 91.3 Å². The van der Waals surface area contributed by atoms with Gasteiger partial charge in [-0.25, -0.2) is 0 Å². The van der Waals surface area contributed by atoms with Crippen LogP contribution in [0.25, 0.3) is 0 Å². The number of ether oxygens (including phenoxy) is 1. The fraction of sp³-hybridized carbons (Fsp3) is 0.727. The Hall–Kier alpha value is -1.03. The van der Waals surface area contributed by atoms with Crippen LogP contribution in [-0.2, 0) is 9.53 Å². The van der Waals surface area contributed by atoms with Crippen molar-refractivity contribution in [3.05, 3.63) is 12.3 Å². The maximum atomic E-state index is 10.4. The average Bonchev–Trinajstić information content (AvgIpc) is 2.27. The van der Waals surface area contributed by atoms with Crippen molar-refractivity contribution in [3.63, 3.8) is 0 Å². The number of carbonyl (C=O) groups is 1. The molecule has 0 unspecified atom stereocenters. The van der Waals surface area contributed by atoms with E-state index in [2.05, 4.69) is 11.9 Å². The number of hydrogen-bond acceptors (Lipinski definition) is 3. The van der Waals surface area contributed by atoms with Crippen molar-refractivity contribution >= 4 is 6.41 Å². The second-order valence-electron chi connectivity index (χ2n) is 3.97. The summed E-state index contributed by atoms with van der Waals surface area (Å²) in [6, 6.07) is 0.493. The van der Waals surface area contributed by atoms with Crippen molar-refractivity contribution in [1.82, 2.24) is 10.2 Å². The molecule has 0 aromatic carbocycles. The number of nitrogens with one attached hydrogen (secondary N) is 1. The van der Waals surface area contributed by atoms with Crippen LogP contribution in [-0.4, -0.2) is 44.2 Å². The third-order valence-electron chi connectivity index (χ3n) is 2.58. The summed E-state index contributed by atoms with van der Waals surface area (Å²) in [5.74, 6) is 0. The molecule has 1 aliphatic heterocycles. The van der Waals surface area contributed by atoms with Crippen LogP contribution in [0.1, 0.15) is 19.3 Å². The van der Waals surface area contributed by atoms with Crippen LogP contribution >= 0.6 is 0 Å². The minimum atomic E-state index is 0.493. The highest BCUT2D eigenvalue weighted by atomic mass is 16.5. The summed E-state index contributed by atoms with van der Waals surface area (Å²) in [6.45, 7) is 6.35. The maximum absolute atomic E-state index is 10.4. The lowest BCUT2D eigenvalue weighted by atomic mass is 10.1. The van der Waals surface area contributed by atoms with E-state index >= 15 is 0 Å². The Morgan fingerprint density at radius 3 is 2.87 bits per heavy atom. The highest BCUT2D eigenvalue weighted by molar-refractivity contribution is 5.46. The number of nitrogens with zero attached hydrogens (tertiary/aromatic N) is 1. The number of amides is 1. The molecule has 0 bridgehead atoms. The molecule has 4 heteroatoms. The average molecular weight is 212 g/mol. The van der Waals surface area contributed by atoms with Crippen LogP contribution < -0.4 is 5.32 Å². The van der Waals surface area contributed by atoms with E-state index in [-0.39, 0.29) is 0 Å².